The highest BCUT2D eigenvalue weighted by atomic mass is 16.2. The van der Waals surface area contributed by atoms with Crippen molar-refractivity contribution in [2.45, 2.75) is 0 Å². The van der Waals surface area contributed by atoms with E-state index in [0.29, 0.717) is 17.8 Å². The monoisotopic (exact) mass is 204 g/mol. The Morgan fingerprint density at radius 1 is 1.47 bits per heavy atom. The Morgan fingerprint density at radius 3 is 2.73 bits per heavy atom. The molecule has 0 aliphatic rings. The average molecular weight is 204 g/mol. The molecule has 0 unspecified atom stereocenters. The lowest BCUT2D eigenvalue weighted by atomic mass is 10.2. The number of likely N-dealkylation sites (N-methyl/N-ethyl adjacent to an activating group) is 1. The summed E-state index contributed by atoms with van der Waals surface area (Å²) in [5.74, 6) is -0.0855. The summed E-state index contributed by atoms with van der Waals surface area (Å²) >= 11 is 0. The third kappa shape index (κ3) is 3.41. The van der Waals surface area contributed by atoms with E-state index in [-0.39, 0.29) is 5.91 Å². The second-order valence-corrected chi connectivity index (χ2v) is 3.59. The molecule has 1 amide bonds. The van der Waals surface area contributed by atoms with Crippen LogP contribution in [0.4, 0.5) is 5.69 Å². The lowest BCUT2D eigenvalue weighted by molar-refractivity contribution is -0.849. The van der Waals surface area contributed by atoms with Crippen LogP contribution in [-0.2, 0) is 4.79 Å². The fraction of sp³-hybridized carbons (Fsp3) is 0.273. The maximum absolute atomic E-state index is 11.4. The zero-order chi connectivity index (χ0) is 11.3. The molecule has 0 atom stereocenters. The van der Waals surface area contributed by atoms with Gasteiger partial charge in [-0.15, -0.1) is 0 Å². The molecule has 1 rings (SSSR count). The first kappa shape index (κ1) is 11.2. The molecule has 1 aromatic carbocycles. The highest BCUT2D eigenvalue weighted by molar-refractivity contribution is 5.92. The molecule has 4 heteroatoms. The Balaban J connectivity index is 2.73. The van der Waals surface area contributed by atoms with Crippen molar-refractivity contribution in [3.05, 3.63) is 29.8 Å². The summed E-state index contributed by atoms with van der Waals surface area (Å²) < 4.78 is 0. The van der Waals surface area contributed by atoms with Crippen LogP contribution < -0.4 is 10.2 Å². The number of nitrogens with zero attached hydrogens (tertiary/aromatic N) is 1. The number of rotatable bonds is 3. The number of hydrogen-bond acceptors (Lipinski definition) is 2. The van der Waals surface area contributed by atoms with Gasteiger partial charge in [-0.2, -0.15) is 5.26 Å². The quantitative estimate of drug-likeness (QED) is 0.706. The number of amides is 1. The van der Waals surface area contributed by atoms with Crippen LogP contribution in [0.15, 0.2) is 24.3 Å². The van der Waals surface area contributed by atoms with Crippen LogP contribution >= 0.6 is 0 Å². The maximum atomic E-state index is 11.4. The number of anilines is 1. The molecule has 15 heavy (non-hydrogen) atoms. The highest BCUT2D eigenvalue weighted by Gasteiger charge is 2.08. The van der Waals surface area contributed by atoms with Gasteiger partial charge in [0.15, 0.2) is 6.54 Å². The van der Waals surface area contributed by atoms with Gasteiger partial charge in [0.1, 0.15) is 6.07 Å². The van der Waals surface area contributed by atoms with Gasteiger partial charge in [-0.3, -0.25) is 4.79 Å². The van der Waals surface area contributed by atoms with E-state index in [9.17, 15) is 4.79 Å². The Bertz CT molecular complexity index is 393. The van der Waals surface area contributed by atoms with Gasteiger partial charge in [-0.05, 0) is 12.1 Å². The molecule has 0 aromatic heterocycles. The first-order chi connectivity index (χ1) is 7.13. The minimum Gasteiger partial charge on any atom is -0.332 e. The molecule has 1 aromatic rings. The van der Waals surface area contributed by atoms with Crippen LogP contribution in [0.3, 0.4) is 0 Å². The van der Waals surface area contributed by atoms with E-state index in [1.54, 1.807) is 24.3 Å². The predicted octanol–water partition coefficient (Wildman–Crippen LogP) is -0.359. The van der Waals surface area contributed by atoms with Crippen LogP contribution in [0.5, 0.6) is 0 Å². The molecule has 0 spiro atoms. The van der Waals surface area contributed by atoms with Crippen molar-refractivity contribution in [1.29, 1.82) is 5.26 Å². The topological polar surface area (TPSA) is 57.3 Å². The lowest BCUT2D eigenvalue weighted by Crippen LogP contribution is -3.06. The molecular weight excluding hydrogens is 190 g/mol. The summed E-state index contributed by atoms with van der Waals surface area (Å²) in [6.45, 7) is 0.389. The van der Waals surface area contributed by atoms with Crippen molar-refractivity contribution in [1.82, 2.24) is 0 Å². The molecule has 0 aliphatic carbocycles. The molecular formula is C11H14N3O+. The van der Waals surface area contributed by atoms with Gasteiger partial charge in [0, 0.05) is 0 Å². The van der Waals surface area contributed by atoms with Crippen molar-refractivity contribution in [3.63, 3.8) is 0 Å². The largest absolute Gasteiger partial charge is 0.332 e. The van der Waals surface area contributed by atoms with E-state index >= 15 is 0 Å². The van der Waals surface area contributed by atoms with Crippen molar-refractivity contribution in [2.24, 2.45) is 0 Å². The summed E-state index contributed by atoms with van der Waals surface area (Å²) in [5, 5.41) is 11.5. The Labute approximate surface area is 89.1 Å². The summed E-state index contributed by atoms with van der Waals surface area (Å²) in [6.07, 6.45) is 0. The van der Waals surface area contributed by atoms with Gasteiger partial charge < -0.3 is 10.2 Å². The normalized spacial score (nSPS) is 9.73. The molecule has 0 aliphatic heterocycles. The zero-order valence-corrected chi connectivity index (χ0v) is 8.87. The van der Waals surface area contributed by atoms with Crippen LogP contribution in [0.2, 0.25) is 0 Å². The summed E-state index contributed by atoms with van der Waals surface area (Å²) in [5.41, 5.74) is 1.06. The maximum Gasteiger partial charge on any atom is 0.279 e. The number of hydrogen-bond donors (Lipinski definition) is 2. The number of quaternary nitrogens is 1. The number of nitriles is 1. The Kier molecular flexibility index (Phi) is 3.83. The van der Waals surface area contributed by atoms with Crippen LogP contribution in [0.25, 0.3) is 0 Å². The number of benzene rings is 1. The highest BCUT2D eigenvalue weighted by Crippen LogP contribution is 2.12. The Hall–Kier alpha value is -1.86. The lowest BCUT2D eigenvalue weighted by Gasteiger charge is -2.08. The molecule has 0 heterocycles. The van der Waals surface area contributed by atoms with Gasteiger partial charge in [-0.25, -0.2) is 0 Å². The fourth-order valence-electron chi connectivity index (χ4n) is 1.21. The van der Waals surface area contributed by atoms with Gasteiger partial charge in [0.05, 0.1) is 25.3 Å². The Morgan fingerprint density at radius 2 is 2.13 bits per heavy atom. The smallest absolute Gasteiger partial charge is 0.279 e. The SMILES string of the molecule is C[NH+](C)CC(=O)Nc1ccccc1C#N. The number of para-hydroxylation sites is 1. The third-order valence-electron chi connectivity index (χ3n) is 1.84. The summed E-state index contributed by atoms with van der Waals surface area (Å²) in [4.78, 5) is 12.5. The van der Waals surface area contributed by atoms with Crippen molar-refractivity contribution < 1.29 is 9.69 Å². The van der Waals surface area contributed by atoms with Crippen molar-refractivity contribution in [3.8, 4) is 6.07 Å². The van der Waals surface area contributed by atoms with Gasteiger partial charge in [0.25, 0.3) is 5.91 Å². The molecule has 78 valence electrons. The number of carbonyl (C=O) groups excluding carboxylic acids is 1. The molecule has 0 saturated heterocycles. The van der Waals surface area contributed by atoms with Crippen molar-refractivity contribution >= 4 is 11.6 Å². The zero-order valence-electron chi connectivity index (χ0n) is 8.87. The van der Waals surface area contributed by atoms with Gasteiger partial charge in [0.2, 0.25) is 0 Å². The number of carbonyl (C=O) groups is 1. The predicted molar refractivity (Wildman–Crippen MR) is 57.5 cm³/mol. The molecule has 0 radical (unpaired) electrons. The van der Waals surface area contributed by atoms with Crippen LogP contribution in [0, 0.1) is 11.3 Å². The first-order valence-electron chi connectivity index (χ1n) is 4.71. The third-order valence-corrected chi connectivity index (χ3v) is 1.84. The standard InChI is InChI=1S/C11H13N3O/c1-14(2)8-11(15)13-10-6-4-3-5-9(10)7-12/h3-6H,8H2,1-2H3,(H,13,15)/p+1. The molecule has 4 nitrogen and oxygen atoms in total. The minimum absolute atomic E-state index is 0.0855. The second kappa shape index (κ2) is 5.13. The van der Waals surface area contributed by atoms with E-state index in [1.807, 2.05) is 20.2 Å². The van der Waals surface area contributed by atoms with Crippen molar-refractivity contribution in [2.75, 3.05) is 26.0 Å². The molecule has 0 saturated carbocycles. The molecule has 0 bridgehead atoms. The molecule has 0 fully saturated rings. The summed E-state index contributed by atoms with van der Waals surface area (Å²) in [7, 11) is 3.80. The second-order valence-electron chi connectivity index (χ2n) is 3.59. The first-order valence-corrected chi connectivity index (χ1v) is 4.71. The van der Waals surface area contributed by atoms with E-state index in [1.165, 1.54) is 0 Å². The fourth-order valence-corrected chi connectivity index (χ4v) is 1.21. The van der Waals surface area contributed by atoms with Gasteiger partial charge >= 0.3 is 0 Å². The van der Waals surface area contributed by atoms with Gasteiger partial charge in [-0.1, -0.05) is 12.1 Å². The van der Waals surface area contributed by atoms with E-state index in [0.717, 1.165) is 4.90 Å². The molecule has 2 N–H and O–H groups in total. The van der Waals surface area contributed by atoms with E-state index in [2.05, 4.69) is 5.32 Å². The van der Waals surface area contributed by atoms with E-state index < -0.39 is 0 Å². The average Bonchev–Trinajstić information content (AvgIpc) is 2.17. The number of nitrogens with one attached hydrogen (secondary N) is 2. The summed E-state index contributed by atoms with van der Waals surface area (Å²) in [6, 6.07) is 8.99. The van der Waals surface area contributed by atoms with E-state index in [4.69, 9.17) is 5.26 Å². The minimum atomic E-state index is -0.0855. The van der Waals surface area contributed by atoms with Crippen LogP contribution in [-0.4, -0.2) is 26.5 Å². The van der Waals surface area contributed by atoms with Crippen LogP contribution in [0.1, 0.15) is 5.56 Å².